The predicted molar refractivity (Wildman–Crippen MR) is 102 cm³/mol. The van der Waals surface area contributed by atoms with Crippen LogP contribution < -0.4 is 4.74 Å². The number of aromatic nitrogens is 1. The summed E-state index contributed by atoms with van der Waals surface area (Å²) < 4.78 is 29.8. The highest BCUT2D eigenvalue weighted by atomic mass is 32.1. The van der Waals surface area contributed by atoms with Crippen LogP contribution in [0.5, 0.6) is 5.75 Å². The summed E-state index contributed by atoms with van der Waals surface area (Å²) in [5.41, 5.74) is 1.86. The second-order valence-electron chi connectivity index (χ2n) is 6.20. The molecule has 0 spiro atoms. The number of carbonyl (C=O) groups is 1. The molecular weight excluding hydrogens is 370 g/mol. The van der Waals surface area contributed by atoms with Crippen molar-refractivity contribution < 1.29 is 18.3 Å². The zero-order valence-corrected chi connectivity index (χ0v) is 15.7. The number of amides is 1. The Morgan fingerprint density at radius 1 is 1.19 bits per heavy atom. The molecule has 7 heteroatoms. The van der Waals surface area contributed by atoms with Gasteiger partial charge in [-0.1, -0.05) is 24.3 Å². The van der Waals surface area contributed by atoms with Crippen LogP contribution in [0.1, 0.15) is 23.4 Å². The zero-order valence-electron chi connectivity index (χ0n) is 14.9. The van der Waals surface area contributed by atoms with Crippen LogP contribution in [0.25, 0.3) is 10.2 Å². The Morgan fingerprint density at radius 3 is 2.63 bits per heavy atom. The number of para-hydroxylation sites is 1. The van der Waals surface area contributed by atoms with Crippen LogP contribution in [0.2, 0.25) is 0 Å². The van der Waals surface area contributed by atoms with E-state index < -0.39 is 6.61 Å². The van der Waals surface area contributed by atoms with Gasteiger partial charge in [0.1, 0.15) is 5.75 Å². The van der Waals surface area contributed by atoms with Gasteiger partial charge in [-0.05, 0) is 42.7 Å². The first-order valence-corrected chi connectivity index (χ1v) is 9.45. The van der Waals surface area contributed by atoms with Crippen LogP contribution in [-0.4, -0.2) is 29.5 Å². The summed E-state index contributed by atoms with van der Waals surface area (Å²) in [5, 5.41) is 1.04. The van der Waals surface area contributed by atoms with E-state index in [2.05, 4.69) is 9.72 Å². The molecule has 4 nitrogen and oxygen atoms in total. The van der Waals surface area contributed by atoms with Crippen molar-refractivity contribution in [2.24, 2.45) is 0 Å². The van der Waals surface area contributed by atoms with Crippen LogP contribution in [0.3, 0.4) is 0 Å². The van der Waals surface area contributed by atoms with Gasteiger partial charge >= 0.3 is 6.61 Å². The SMILES string of the molecule is CN(Cc1ccc(OC(F)F)cc1)C(=O)CCCc1nc2ccccc2s1. The monoisotopic (exact) mass is 390 g/mol. The quantitative estimate of drug-likeness (QED) is 0.551. The summed E-state index contributed by atoms with van der Waals surface area (Å²) in [6, 6.07) is 14.3. The molecule has 0 radical (unpaired) electrons. The molecule has 1 amide bonds. The molecule has 0 bridgehead atoms. The van der Waals surface area contributed by atoms with Gasteiger partial charge in [-0.2, -0.15) is 8.78 Å². The summed E-state index contributed by atoms with van der Waals surface area (Å²) in [4.78, 5) is 18.5. The fourth-order valence-electron chi connectivity index (χ4n) is 2.75. The van der Waals surface area contributed by atoms with Crippen molar-refractivity contribution in [3.05, 3.63) is 59.1 Å². The topological polar surface area (TPSA) is 42.4 Å². The minimum absolute atomic E-state index is 0.0454. The second-order valence-corrected chi connectivity index (χ2v) is 7.32. The lowest BCUT2D eigenvalue weighted by Gasteiger charge is -2.17. The molecule has 0 aliphatic heterocycles. The molecule has 0 saturated carbocycles. The number of hydrogen-bond donors (Lipinski definition) is 0. The largest absolute Gasteiger partial charge is 0.435 e. The average molecular weight is 390 g/mol. The van der Waals surface area contributed by atoms with Gasteiger partial charge in [0.2, 0.25) is 5.91 Å². The summed E-state index contributed by atoms with van der Waals surface area (Å²) in [6.45, 7) is -2.41. The molecule has 0 N–H and O–H groups in total. The van der Waals surface area contributed by atoms with Crippen molar-refractivity contribution in [1.29, 1.82) is 0 Å². The molecule has 0 fully saturated rings. The van der Waals surface area contributed by atoms with E-state index >= 15 is 0 Å². The number of aryl methyl sites for hydroxylation is 1. The maximum absolute atomic E-state index is 12.3. The van der Waals surface area contributed by atoms with Crippen LogP contribution in [0.15, 0.2) is 48.5 Å². The Labute approximate surface area is 160 Å². The van der Waals surface area contributed by atoms with E-state index in [0.717, 1.165) is 33.6 Å². The molecule has 0 aliphatic carbocycles. The van der Waals surface area contributed by atoms with Gasteiger partial charge in [-0.25, -0.2) is 4.98 Å². The first-order valence-electron chi connectivity index (χ1n) is 8.63. The smallest absolute Gasteiger partial charge is 0.387 e. The lowest BCUT2D eigenvalue weighted by molar-refractivity contribution is -0.130. The van der Waals surface area contributed by atoms with Gasteiger partial charge in [0.25, 0.3) is 0 Å². The molecular formula is C20H20F2N2O2S. The molecule has 0 saturated heterocycles. The number of hydrogen-bond acceptors (Lipinski definition) is 4. The standard InChI is InChI=1S/C20H20F2N2O2S/c1-24(13-14-9-11-15(12-10-14)26-20(21)22)19(25)8-4-7-18-23-16-5-2-3-6-17(16)27-18/h2-3,5-6,9-12,20H,4,7-8,13H2,1H3. The summed E-state index contributed by atoms with van der Waals surface area (Å²) in [7, 11) is 1.74. The van der Waals surface area contributed by atoms with Gasteiger partial charge < -0.3 is 9.64 Å². The zero-order chi connectivity index (χ0) is 19.2. The van der Waals surface area contributed by atoms with E-state index in [4.69, 9.17) is 0 Å². The molecule has 0 atom stereocenters. The fourth-order valence-corrected chi connectivity index (χ4v) is 3.76. The van der Waals surface area contributed by atoms with Crippen molar-refractivity contribution in [2.45, 2.75) is 32.4 Å². The number of carbonyl (C=O) groups excluding carboxylic acids is 1. The predicted octanol–water partition coefficient (Wildman–Crippen LogP) is 4.88. The molecule has 3 rings (SSSR count). The Bertz CT molecular complexity index is 863. The highest BCUT2D eigenvalue weighted by Gasteiger charge is 2.11. The molecule has 142 valence electrons. The number of fused-ring (bicyclic) bond motifs is 1. The van der Waals surface area contributed by atoms with Crippen molar-refractivity contribution >= 4 is 27.5 Å². The van der Waals surface area contributed by atoms with Crippen molar-refractivity contribution in [2.75, 3.05) is 7.05 Å². The fraction of sp³-hybridized carbons (Fsp3) is 0.300. The normalized spacial score (nSPS) is 11.1. The van der Waals surface area contributed by atoms with E-state index in [9.17, 15) is 13.6 Å². The van der Waals surface area contributed by atoms with Crippen LogP contribution in [0.4, 0.5) is 8.78 Å². The van der Waals surface area contributed by atoms with Crippen LogP contribution >= 0.6 is 11.3 Å². The van der Waals surface area contributed by atoms with Crippen LogP contribution in [-0.2, 0) is 17.8 Å². The van der Waals surface area contributed by atoms with Gasteiger partial charge in [0.05, 0.1) is 15.2 Å². The summed E-state index contributed by atoms with van der Waals surface area (Å²) in [5.74, 6) is 0.155. The second kappa shape index (κ2) is 8.90. The number of benzene rings is 2. The maximum Gasteiger partial charge on any atom is 0.387 e. The Kier molecular flexibility index (Phi) is 6.34. The number of alkyl halides is 2. The molecule has 3 aromatic rings. The maximum atomic E-state index is 12.3. The van der Waals surface area contributed by atoms with E-state index in [1.807, 2.05) is 24.3 Å². The van der Waals surface area contributed by atoms with E-state index in [0.29, 0.717) is 13.0 Å². The molecule has 2 aromatic carbocycles. The third-order valence-electron chi connectivity index (χ3n) is 4.11. The molecule has 1 heterocycles. The lowest BCUT2D eigenvalue weighted by Crippen LogP contribution is -2.25. The minimum Gasteiger partial charge on any atom is -0.435 e. The molecule has 1 aromatic heterocycles. The Balaban J connectivity index is 1.46. The van der Waals surface area contributed by atoms with Gasteiger partial charge in [-0.15, -0.1) is 11.3 Å². The molecule has 27 heavy (non-hydrogen) atoms. The van der Waals surface area contributed by atoms with E-state index in [1.165, 1.54) is 12.1 Å². The summed E-state index contributed by atoms with van der Waals surface area (Å²) >= 11 is 1.66. The van der Waals surface area contributed by atoms with Crippen molar-refractivity contribution in [3.8, 4) is 5.75 Å². The molecule has 0 unspecified atom stereocenters. The number of halogens is 2. The Hall–Kier alpha value is -2.54. The number of rotatable bonds is 8. The number of ether oxygens (including phenoxy) is 1. The van der Waals surface area contributed by atoms with E-state index in [-0.39, 0.29) is 11.7 Å². The average Bonchev–Trinajstić information content (AvgIpc) is 3.05. The van der Waals surface area contributed by atoms with Gasteiger partial charge in [0.15, 0.2) is 0 Å². The Morgan fingerprint density at radius 2 is 1.93 bits per heavy atom. The highest BCUT2D eigenvalue weighted by molar-refractivity contribution is 7.18. The lowest BCUT2D eigenvalue weighted by atomic mass is 10.2. The third kappa shape index (κ3) is 5.47. The van der Waals surface area contributed by atoms with Gasteiger partial charge in [-0.3, -0.25) is 4.79 Å². The minimum atomic E-state index is -2.84. The summed E-state index contributed by atoms with van der Waals surface area (Å²) in [6.07, 6.45) is 1.96. The van der Waals surface area contributed by atoms with Gasteiger partial charge in [0, 0.05) is 20.0 Å². The first kappa shape index (κ1) is 19.2. The number of thiazole rings is 1. The van der Waals surface area contributed by atoms with Crippen molar-refractivity contribution in [1.82, 2.24) is 9.88 Å². The highest BCUT2D eigenvalue weighted by Crippen LogP contribution is 2.23. The number of nitrogens with zero attached hydrogens (tertiary/aromatic N) is 2. The molecule has 0 aliphatic rings. The van der Waals surface area contributed by atoms with Crippen LogP contribution in [0, 0.1) is 0 Å². The van der Waals surface area contributed by atoms with E-state index in [1.54, 1.807) is 35.4 Å². The third-order valence-corrected chi connectivity index (χ3v) is 5.21. The first-order chi connectivity index (χ1) is 13.0. The van der Waals surface area contributed by atoms with Crippen molar-refractivity contribution in [3.63, 3.8) is 0 Å².